The zero-order valence-electron chi connectivity index (χ0n) is 10.4. The standard InChI is InChI=1S/C15H14ClNO2/c1-10(11-5-3-2-4-6-11)15(19)17-12-7-8-14(18)13(16)9-12/h2-10,18H,1H3,(H,17,19). The molecule has 0 aromatic heterocycles. The zero-order valence-corrected chi connectivity index (χ0v) is 11.2. The second-order valence-electron chi connectivity index (χ2n) is 4.29. The highest BCUT2D eigenvalue weighted by Gasteiger charge is 2.15. The molecular weight excluding hydrogens is 262 g/mol. The van der Waals surface area contributed by atoms with Crippen LogP contribution < -0.4 is 5.32 Å². The molecule has 1 atom stereocenters. The van der Waals surface area contributed by atoms with Gasteiger partial charge in [-0.05, 0) is 30.7 Å². The van der Waals surface area contributed by atoms with Crippen LogP contribution >= 0.6 is 11.6 Å². The van der Waals surface area contributed by atoms with Crippen LogP contribution in [-0.2, 0) is 4.79 Å². The minimum atomic E-state index is -0.256. The van der Waals surface area contributed by atoms with Gasteiger partial charge in [0.05, 0.1) is 10.9 Å². The predicted octanol–water partition coefficient (Wildman–Crippen LogP) is 3.79. The summed E-state index contributed by atoms with van der Waals surface area (Å²) in [5.74, 6) is -0.377. The molecule has 2 aromatic rings. The monoisotopic (exact) mass is 275 g/mol. The van der Waals surface area contributed by atoms with E-state index in [-0.39, 0.29) is 22.6 Å². The number of benzene rings is 2. The SMILES string of the molecule is CC(C(=O)Nc1ccc(O)c(Cl)c1)c1ccccc1. The third kappa shape index (κ3) is 3.26. The smallest absolute Gasteiger partial charge is 0.231 e. The van der Waals surface area contributed by atoms with Crippen molar-refractivity contribution in [2.75, 3.05) is 5.32 Å². The summed E-state index contributed by atoms with van der Waals surface area (Å²) in [4.78, 5) is 12.1. The molecule has 0 saturated carbocycles. The van der Waals surface area contributed by atoms with E-state index in [0.29, 0.717) is 5.69 Å². The van der Waals surface area contributed by atoms with Crippen molar-refractivity contribution in [2.24, 2.45) is 0 Å². The second kappa shape index (κ2) is 5.76. The first-order valence-corrected chi connectivity index (χ1v) is 6.30. The maximum Gasteiger partial charge on any atom is 0.231 e. The summed E-state index contributed by atoms with van der Waals surface area (Å²) in [6.07, 6.45) is 0. The number of anilines is 1. The molecule has 2 aromatic carbocycles. The first-order chi connectivity index (χ1) is 9.08. The fourth-order valence-electron chi connectivity index (χ4n) is 1.73. The van der Waals surface area contributed by atoms with Crippen molar-refractivity contribution in [3.05, 3.63) is 59.1 Å². The van der Waals surface area contributed by atoms with Crippen LogP contribution in [0.3, 0.4) is 0 Å². The van der Waals surface area contributed by atoms with Gasteiger partial charge in [-0.1, -0.05) is 41.9 Å². The molecule has 0 bridgehead atoms. The topological polar surface area (TPSA) is 49.3 Å². The number of hydrogen-bond donors (Lipinski definition) is 2. The van der Waals surface area contributed by atoms with Crippen LogP contribution in [0.2, 0.25) is 5.02 Å². The van der Waals surface area contributed by atoms with E-state index < -0.39 is 0 Å². The summed E-state index contributed by atoms with van der Waals surface area (Å²) >= 11 is 5.79. The Bertz CT molecular complexity index is 584. The van der Waals surface area contributed by atoms with E-state index in [1.807, 2.05) is 37.3 Å². The van der Waals surface area contributed by atoms with E-state index in [0.717, 1.165) is 5.56 Å². The quantitative estimate of drug-likeness (QED) is 0.838. The molecule has 1 unspecified atom stereocenters. The van der Waals surface area contributed by atoms with E-state index in [9.17, 15) is 9.90 Å². The molecule has 19 heavy (non-hydrogen) atoms. The molecule has 0 heterocycles. The molecule has 0 aliphatic rings. The van der Waals surface area contributed by atoms with Crippen molar-refractivity contribution in [3.8, 4) is 5.75 Å². The third-order valence-corrected chi connectivity index (χ3v) is 3.21. The second-order valence-corrected chi connectivity index (χ2v) is 4.70. The van der Waals surface area contributed by atoms with Crippen molar-refractivity contribution >= 4 is 23.2 Å². The fourth-order valence-corrected chi connectivity index (χ4v) is 1.91. The van der Waals surface area contributed by atoms with Gasteiger partial charge in [-0.2, -0.15) is 0 Å². The summed E-state index contributed by atoms with van der Waals surface area (Å²) in [7, 11) is 0. The number of halogens is 1. The van der Waals surface area contributed by atoms with Crippen LogP contribution in [0.1, 0.15) is 18.4 Å². The highest BCUT2D eigenvalue weighted by atomic mass is 35.5. The number of phenolic OH excluding ortho intramolecular Hbond substituents is 1. The molecule has 2 N–H and O–H groups in total. The average Bonchev–Trinajstić information content (AvgIpc) is 2.43. The number of carbonyl (C=O) groups is 1. The first-order valence-electron chi connectivity index (χ1n) is 5.92. The summed E-state index contributed by atoms with van der Waals surface area (Å²) in [6.45, 7) is 1.84. The molecule has 0 radical (unpaired) electrons. The molecule has 1 amide bonds. The largest absolute Gasteiger partial charge is 0.506 e. The van der Waals surface area contributed by atoms with Gasteiger partial charge in [0.1, 0.15) is 5.75 Å². The molecule has 0 aliphatic heterocycles. The highest BCUT2D eigenvalue weighted by molar-refractivity contribution is 6.32. The Morgan fingerprint density at radius 1 is 1.21 bits per heavy atom. The van der Waals surface area contributed by atoms with Crippen LogP contribution in [0.15, 0.2) is 48.5 Å². The van der Waals surface area contributed by atoms with E-state index in [1.165, 1.54) is 12.1 Å². The Balaban J connectivity index is 2.10. The Morgan fingerprint density at radius 3 is 2.53 bits per heavy atom. The van der Waals surface area contributed by atoms with Gasteiger partial charge < -0.3 is 10.4 Å². The minimum Gasteiger partial charge on any atom is -0.506 e. The van der Waals surface area contributed by atoms with Crippen molar-refractivity contribution in [1.82, 2.24) is 0 Å². The molecule has 3 nitrogen and oxygen atoms in total. The van der Waals surface area contributed by atoms with Crippen LogP contribution in [0.5, 0.6) is 5.75 Å². The number of phenols is 1. The van der Waals surface area contributed by atoms with Gasteiger partial charge in [0.25, 0.3) is 0 Å². The summed E-state index contributed by atoms with van der Waals surface area (Å²) < 4.78 is 0. The Hall–Kier alpha value is -2.00. The summed E-state index contributed by atoms with van der Waals surface area (Å²) in [6, 6.07) is 14.1. The maximum atomic E-state index is 12.1. The number of aromatic hydroxyl groups is 1. The number of rotatable bonds is 3. The molecule has 4 heteroatoms. The van der Waals surface area contributed by atoms with E-state index in [1.54, 1.807) is 6.07 Å². The van der Waals surface area contributed by atoms with Gasteiger partial charge in [0, 0.05) is 5.69 Å². The molecule has 2 rings (SSSR count). The first kappa shape index (κ1) is 13.4. The molecule has 0 aliphatic carbocycles. The van der Waals surface area contributed by atoms with E-state index in [4.69, 9.17) is 11.6 Å². The van der Waals surface area contributed by atoms with Gasteiger partial charge in [-0.3, -0.25) is 4.79 Å². The molecule has 0 spiro atoms. The normalized spacial score (nSPS) is 11.9. The lowest BCUT2D eigenvalue weighted by atomic mass is 10.0. The van der Waals surface area contributed by atoms with Gasteiger partial charge in [0.2, 0.25) is 5.91 Å². The Kier molecular flexibility index (Phi) is 4.07. The van der Waals surface area contributed by atoms with Crippen molar-refractivity contribution in [1.29, 1.82) is 0 Å². The van der Waals surface area contributed by atoms with Gasteiger partial charge in [-0.15, -0.1) is 0 Å². The average molecular weight is 276 g/mol. The number of hydrogen-bond acceptors (Lipinski definition) is 2. The van der Waals surface area contributed by atoms with Crippen molar-refractivity contribution in [2.45, 2.75) is 12.8 Å². The molecule has 98 valence electrons. The summed E-state index contributed by atoms with van der Waals surface area (Å²) in [5, 5.41) is 12.3. The molecule has 0 saturated heterocycles. The third-order valence-electron chi connectivity index (χ3n) is 2.91. The maximum absolute atomic E-state index is 12.1. The lowest BCUT2D eigenvalue weighted by Crippen LogP contribution is -2.18. The number of carbonyl (C=O) groups excluding carboxylic acids is 1. The van der Waals surface area contributed by atoms with Crippen LogP contribution in [0, 0.1) is 0 Å². The lowest BCUT2D eigenvalue weighted by molar-refractivity contribution is -0.117. The van der Waals surface area contributed by atoms with E-state index >= 15 is 0 Å². The van der Waals surface area contributed by atoms with E-state index in [2.05, 4.69) is 5.32 Å². The molecular formula is C15H14ClNO2. The highest BCUT2D eigenvalue weighted by Crippen LogP contribution is 2.27. The van der Waals surface area contributed by atoms with Crippen LogP contribution in [-0.4, -0.2) is 11.0 Å². The lowest BCUT2D eigenvalue weighted by Gasteiger charge is -2.12. The predicted molar refractivity (Wildman–Crippen MR) is 76.6 cm³/mol. The Morgan fingerprint density at radius 2 is 1.89 bits per heavy atom. The zero-order chi connectivity index (χ0) is 13.8. The number of nitrogens with one attached hydrogen (secondary N) is 1. The summed E-state index contributed by atoms with van der Waals surface area (Å²) in [5.41, 5.74) is 1.51. The fraction of sp³-hybridized carbons (Fsp3) is 0.133. The Labute approximate surface area is 116 Å². The molecule has 0 fully saturated rings. The van der Waals surface area contributed by atoms with Crippen LogP contribution in [0.4, 0.5) is 5.69 Å². The number of amides is 1. The van der Waals surface area contributed by atoms with Gasteiger partial charge in [-0.25, -0.2) is 0 Å². The van der Waals surface area contributed by atoms with Crippen LogP contribution in [0.25, 0.3) is 0 Å². The van der Waals surface area contributed by atoms with Crippen molar-refractivity contribution in [3.63, 3.8) is 0 Å². The minimum absolute atomic E-state index is 0.00391. The van der Waals surface area contributed by atoms with Gasteiger partial charge in [0.15, 0.2) is 0 Å². The van der Waals surface area contributed by atoms with Gasteiger partial charge >= 0.3 is 0 Å². The van der Waals surface area contributed by atoms with Crippen molar-refractivity contribution < 1.29 is 9.90 Å².